The van der Waals surface area contributed by atoms with Gasteiger partial charge in [-0.15, -0.1) is 0 Å². The maximum atomic E-state index is 11.4. The Morgan fingerprint density at radius 2 is 2.24 bits per heavy atom. The van der Waals surface area contributed by atoms with Gasteiger partial charge in [-0.2, -0.15) is 0 Å². The normalized spacial score (nSPS) is 13.7. The van der Waals surface area contributed by atoms with E-state index in [1.165, 1.54) is 0 Å². The van der Waals surface area contributed by atoms with Crippen LogP contribution < -0.4 is 14.8 Å². The maximum absolute atomic E-state index is 11.4. The minimum Gasteiger partial charge on any atom is -0.482 e. The van der Waals surface area contributed by atoms with Crippen molar-refractivity contribution in [3.8, 4) is 11.5 Å². The zero-order valence-corrected chi connectivity index (χ0v) is 9.65. The number of ether oxygens (including phenoxy) is 2. The third-order valence-corrected chi connectivity index (χ3v) is 2.27. The standard InChI is InChI=1S/C12H13NO4/c1-7(2)12(15)17-8-3-4-10-9(5-8)13-11(14)6-16-10/h3-5,7H,6H2,1-2H3,(H,13,14). The molecule has 1 aliphatic rings. The number of benzene rings is 1. The van der Waals surface area contributed by atoms with Gasteiger partial charge < -0.3 is 14.8 Å². The fraction of sp³-hybridized carbons (Fsp3) is 0.333. The quantitative estimate of drug-likeness (QED) is 0.624. The Labute approximate surface area is 98.7 Å². The summed E-state index contributed by atoms with van der Waals surface area (Å²) in [6, 6.07) is 4.88. The first kappa shape index (κ1) is 11.4. The number of amides is 1. The van der Waals surface area contributed by atoms with E-state index >= 15 is 0 Å². The number of fused-ring (bicyclic) bond motifs is 1. The fourth-order valence-corrected chi connectivity index (χ4v) is 1.36. The second-order valence-corrected chi connectivity index (χ2v) is 4.07. The molecule has 1 heterocycles. The average molecular weight is 235 g/mol. The second-order valence-electron chi connectivity index (χ2n) is 4.07. The van der Waals surface area contributed by atoms with Gasteiger partial charge in [-0.1, -0.05) is 13.8 Å². The first-order chi connectivity index (χ1) is 8.06. The molecule has 5 heteroatoms. The highest BCUT2D eigenvalue weighted by Gasteiger charge is 2.17. The van der Waals surface area contributed by atoms with E-state index in [0.717, 1.165) is 0 Å². The number of hydrogen-bond donors (Lipinski definition) is 1. The highest BCUT2D eigenvalue weighted by Crippen LogP contribution is 2.31. The lowest BCUT2D eigenvalue weighted by Crippen LogP contribution is -2.25. The molecule has 0 saturated heterocycles. The lowest BCUT2D eigenvalue weighted by molar-refractivity contribution is -0.137. The Bertz CT molecular complexity index is 468. The molecule has 0 saturated carbocycles. The van der Waals surface area contributed by atoms with Gasteiger partial charge in [0.2, 0.25) is 0 Å². The van der Waals surface area contributed by atoms with Crippen molar-refractivity contribution >= 4 is 17.6 Å². The molecule has 0 atom stereocenters. The molecule has 0 unspecified atom stereocenters. The minimum atomic E-state index is -0.312. The highest BCUT2D eigenvalue weighted by atomic mass is 16.5. The first-order valence-electron chi connectivity index (χ1n) is 5.34. The molecule has 0 spiro atoms. The van der Waals surface area contributed by atoms with Gasteiger partial charge in [-0.25, -0.2) is 0 Å². The first-order valence-corrected chi connectivity index (χ1v) is 5.34. The molecular formula is C12H13NO4. The second kappa shape index (κ2) is 4.45. The summed E-state index contributed by atoms with van der Waals surface area (Å²) >= 11 is 0. The third-order valence-electron chi connectivity index (χ3n) is 2.27. The van der Waals surface area contributed by atoms with Gasteiger partial charge in [0.25, 0.3) is 5.91 Å². The Kier molecular flexibility index (Phi) is 2.99. The molecular weight excluding hydrogens is 222 g/mol. The molecule has 1 amide bonds. The molecule has 0 aromatic heterocycles. The van der Waals surface area contributed by atoms with Crippen LogP contribution in [-0.2, 0) is 9.59 Å². The van der Waals surface area contributed by atoms with Crippen LogP contribution in [0.4, 0.5) is 5.69 Å². The van der Waals surface area contributed by atoms with Gasteiger partial charge in [0, 0.05) is 6.07 Å². The van der Waals surface area contributed by atoms with Crippen molar-refractivity contribution in [3.63, 3.8) is 0 Å². The fourth-order valence-electron chi connectivity index (χ4n) is 1.36. The number of anilines is 1. The smallest absolute Gasteiger partial charge is 0.313 e. The number of nitrogens with one attached hydrogen (secondary N) is 1. The summed E-state index contributed by atoms with van der Waals surface area (Å²) in [6.45, 7) is 3.52. The van der Waals surface area contributed by atoms with E-state index < -0.39 is 0 Å². The van der Waals surface area contributed by atoms with Gasteiger partial charge in [0.15, 0.2) is 6.61 Å². The minimum absolute atomic E-state index is 0.0120. The van der Waals surface area contributed by atoms with Crippen LogP contribution >= 0.6 is 0 Å². The Morgan fingerprint density at radius 1 is 1.47 bits per heavy atom. The number of hydrogen-bond acceptors (Lipinski definition) is 4. The maximum Gasteiger partial charge on any atom is 0.313 e. The lowest BCUT2D eigenvalue weighted by atomic mass is 10.2. The molecule has 1 N–H and O–H groups in total. The van der Waals surface area contributed by atoms with Crippen LogP contribution in [0.3, 0.4) is 0 Å². The molecule has 0 radical (unpaired) electrons. The molecule has 1 aromatic carbocycles. The van der Waals surface area contributed by atoms with Crippen molar-refractivity contribution in [1.29, 1.82) is 0 Å². The number of carbonyl (C=O) groups excluding carboxylic acids is 2. The zero-order valence-electron chi connectivity index (χ0n) is 9.65. The Balaban J connectivity index is 2.18. The van der Waals surface area contributed by atoms with Crippen molar-refractivity contribution in [2.75, 3.05) is 11.9 Å². The van der Waals surface area contributed by atoms with E-state index in [2.05, 4.69) is 5.32 Å². The van der Waals surface area contributed by atoms with E-state index in [0.29, 0.717) is 17.2 Å². The van der Waals surface area contributed by atoms with Gasteiger partial charge >= 0.3 is 5.97 Å². The van der Waals surface area contributed by atoms with Gasteiger partial charge in [0.1, 0.15) is 11.5 Å². The summed E-state index contributed by atoms with van der Waals surface area (Å²) in [5.74, 6) is 0.247. The van der Waals surface area contributed by atoms with Crippen molar-refractivity contribution in [3.05, 3.63) is 18.2 Å². The molecule has 0 bridgehead atoms. The third kappa shape index (κ3) is 2.55. The lowest BCUT2D eigenvalue weighted by Gasteiger charge is -2.18. The van der Waals surface area contributed by atoms with Crippen LogP contribution in [0.1, 0.15) is 13.8 Å². The van der Waals surface area contributed by atoms with Gasteiger partial charge in [-0.05, 0) is 12.1 Å². The molecule has 1 aliphatic heterocycles. The zero-order chi connectivity index (χ0) is 12.4. The Morgan fingerprint density at radius 3 is 2.94 bits per heavy atom. The largest absolute Gasteiger partial charge is 0.482 e. The van der Waals surface area contributed by atoms with Crippen molar-refractivity contribution in [2.45, 2.75) is 13.8 Å². The number of rotatable bonds is 2. The number of carbonyl (C=O) groups is 2. The average Bonchev–Trinajstić information content (AvgIpc) is 2.28. The highest BCUT2D eigenvalue weighted by molar-refractivity contribution is 5.95. The molecule has 1 aromatic rings. The summed E-state index contributed by atoms with van der Waals surface area (Å²) in [7, 11) is 0. The van der Waals surface area contributed by atoms with E-state index in [1.54, 1.807) is 32.0 Å². The van der Waals surface area contributed by atoms with E-state index in [4.69, 9.17) is 9.47 Å². The topological polar surface area (TPSA) is 64.6 Å². The monoisotopic (exact) mass is 235 g/mol. The van der Waals surface area contributed by atoms with Crippen LogP contribution in [0.2, 0.25) is 0 Å². The van der Waals surface area contributed by atoms with Crippen molar-refractivity contribution in [1.82, 2.24) is 0 Å². The van der Waals surface area contributed by atoms with Gasteiger partial charge in [0.05, 0.1) is 11.6 Å². The van der Waals surface area contributed by atoms with Crippen LogP contribution in [0, 0.1) is 5.92 Å². The van der Waals surface area contributed by atoms with Crippen LogP contribution in [-0.4, -0.2) is 18.5 Å². The summed E-state index contributed by atoms with van der Waals surface area (Å²) in [5, 5.41) is 2.65. The molecule has 17 heavy (non-hydrogen) atoms. The van der Waals surface area contributed by atoms with Crippen LogP contribution in [0.5, 0.6) is 11.5 Å². The summed E-state index contributed by atoms with van der Waals surface area (Å²) in [5.41, 5.74) is 0.523. The molecule has 0 fully saturated rings. The predicted octanol–water partition coefficient (Wildman–Crippen LogP) is 1.58. The van der Waals surface area contributed by atoms with Crippen molar-refractivity contribution in [2.24, 2.45) is 5.92 Å². The molecule has 0 aliphatic carbocycles. The SMILES string of the molecule is CC(C)C(=O)Oc1ccc2c(c1)NC(=O)CO2. The van der Waals surface area contributed by atoms with Crippen molar-refractivity contribution < 1.29 is 19.1 Å². The van der Waals surface area contributed by atoms with E-state index in [-0.39, 0.29) is 24.4 Å². The summed E-state index contributed by atoms with van der Waals surface area (Å²) in [4.78, 5) is 22.5. The van der Waals surface area contributed by atoms with E-state index in [9.17, 15) is 9.59 Å². The predicted molar refractivity (Wildman–Crippen MR) is 61.0 cm³/mol. The Hall–Kier alpha value is -2.04. The molecule has 5 nitrogen and oxygen atoms in total. The summed E-state index contributed by atoms with van der Waals surface area (Å²) in [6.07, 6.45) is 0. The van der Waals surface area contributed by atoms with E-state index in [1.807, 2.05) is 0 Å². The van der Waals surface area contributed by atoms with Crippen LogP contribution in [0.15, 0.2) is 18.2 Å². The summed E-state index contributed by atoms with van der Waals surface area (Å²) < 4.78 is 10.3. The van der Waals surface area contributed by atoms with Crippen LogP contribution in [0.25, 0.3) is 0 Å². The molecule has 90 valence electrons. The number of esters is 1. The molecule has 2 rings (SSSR count). The van der Waals surface area contributed by atoms with Gasteiger partial charge in [-0.3, -0.25) is 9.59 Å².